The summed E-state index contributed by atoms with van der Waals surface area (Å²) in [6, 6.07) is 19.7. The molecule has 2 heterocycles. The molecule has 0 radical (unpaired) electrons. The average Bonchev–Trinajstić information content (AvgIpc) is 3.57. The fraction of sp³-hybridized carbons (Fsp3) is 0.214. The molecule has 0 fully saturated rings. The topological polar surface area (TPSA) is 71.8 Å². The van der Waals surface area contributed by atoms with E-state index >= 15 is 0 Å². The van der Waals surface area contributed by atoms with Crippen LogP contribution in [0.5, 0.6) is 5.75 Å². The van der Waals surface area contributed by atoms with E-state index < -0.39 is 6.04 Å². The van der Waals surface area contributed by atoms with Crippen LogP contribution >= 0.6 is 11.3 Å². The molecule has 4 rings (SSSR count). The first-order valence-electron chi connectivity index (χ1n) is 11.3. The molecule has 0 saturated heterocycles. The molecule has 0 aliphatic carbocycles. The highest BCUT2D eigenvalue weighted by Crippen LogP contribution is 2.32. The van der Waals surface area contributed by atoms with Crippen LogP contribution in [0.3, 0.4) is 0 Å². The number of ether oxygens (including phenoxy) is 1. The molecule has 0 spiro atoms. The predicted molar refractivity (Wildman–Crippen MR) is 138 cm³/mol. The highest BCUT2D eigenvalue weighted by molar-refractivity contribution is 7.10. The van der Waals surface area contributed by atoms with Gasteiger partial charge in [0.05, 0.1) is 19.8 Å². The van der Waals surface area contributed by atoms with Gasteiger partial charge in [-0.2, -0.15) is 0 Å². The van der Waals surface area contributed by atoms with Crippen LogP contribution in [0.1, 0.15) is 33.4 Å². The van der Waals surface area contributed by atoms with E-state index in [0.717, 1.165) is 27.3 Å². The first kappa shape index (κ1) is 24.3. The van der Waals surface area contributed by atoms with E-state index in [1.807, 2.05) is 73.8 Å². The SMILES string of the molecule is COc1ccc(CNC(=O)[C@@H](c2ccco2)N(C(=O)Cc2cccs2)c2cc(C)ccc2C)cc1. The van der Waals surface area contributed by atoms with Crippen LogP contribution in [-0.4, -0.2) is 18.9 Å². The van der Waals surface area contributed by atoms with Gasteiger partial charge in [0.1, 0.15) is 11.5 Å². The number of carbonyl (C=O) groups is 2. The molecular formula is C28H28N2O4S. The second-order valence-electron chi connectivity index (χ2n) is 8.29. The van der Waals surface area contributed by atoms with Crippen LogP contribution in [0.25, 0.3) is 0 Å². The number of hydrogen-bond acceptors (Lipinski definition) is 5. The molecule has 2 aromatic heterocycles. The van der Waals surface area contributed by atoms with Crippen molar-refractivity contribution in [2.75, 3.05) is 12.0 Å². The van der Waals surface area contributed by atoms with E-state index in [-0.39, 0.29) is 18.2 Å². The van der Waals surface area contributed by atoms with Crippen molar-refractivity contribution < 1.29 is 18.7 Å². The van der Waals surface area contributed by atoms with Gasteiger partial charge in [0, 0.05) is 17.1 Å². The number of rotatable bonds is 9. The van der Waals surface area contributed by atoms with Gasteiger partial charge in [0.15, 0.2) is 6.04 Å². The molecule has 4 aromatic rings. The predicted octanol–water partition coefficient (Wildman–Crippen LogP) is 5.60. The Labute approximate surface area is 209 Å². The molecule has 2 amide bonds. The molecule has 1 N–H and O–H groups in total. The summed E-state index contributed by atoms with van der Waals surface area (Å²) in [5, 5.41) is 4.93. The Morgan fingerprint density at radius 1 is 1.06 bits per heavy atom. The molecule has 0 unspecified atom stereocenters. The van der Waals surface area contributed by atoms with Crippen molar-refractivity contribution in [2.24, 2.45) is 0 Å². The molecule has 1 atom stereocenters. The van der Waals surface area contributed by atoms with Crippen LogP contribution in [0.15, 0.2) is 82.8 Å². The molecule has 0 aliphatic rings. The summed E-state index contributed by atoms with van der Waals surface area (Å²) in [7, 11) is 1.61. The minimum atomic E-state index is -0.962. The Kier molecular flexibility index (Phi) is 7.67. The first-order chi connectivity index (χ1) is 17.0. The Bertz CT molecular complexity index is 1270. The highest BCUT2D eigenvalue weighted by atomic mass is 32.1. The maximum Gasteiger partial charge on any atom is 0.251 e. The molecule has 2 aromatic carbocycles. The van der Waals surface area contributed by atoms with E-state index in [4.69, 9.17) is 9.15 Å². The van der Waals surface area contributed by atoms with Gasteiger partial charge in [-0.25, -0.2) is 0 Å². The quantitative estimate of drug-likeness (QED) is 0.333. The number of thiophene rings is 1. The molecule has 35 heavy (non-hydrogen) atoms. The van der Waals surface area contributed by atoms with Crippen molar-refractivity contribution in [1.29, 1.82) is 0 Å². The zero-order valence-electron chi connectivity index (χ0n) is 20.0. The second kappa shape index (κ2) is 11.1. The van der Waals surface area contributed by atoms with Gasteiger partial charge >= 0.3 is 0 Å². The standard InChI is InChI=1S/C28H28N2O4S/c1-19-8-9-20(2)24(16-19)30(26(31)17-23-6-5-15-35-23)27(25-7-4-14-34-25)28(32)29-18-21-10-12-22(33-3)13-11-21/h4-16,27H,17-18H2,1-3H3,(H,29,32)/t27-/m1/s1. The second-order valence-corrected chi connectivity index (χ2v) is 9.33. The Morgan fingerprint density at radius 2 is 1.86 bits per heavy atom. The van der Waals surface area contributed by atoms with Gasteiger partial charge in [-0.3, -0.25) is 14.5 Å². The molecule has 0 saturated carbocycles. The van der Waals surface area contributed by atoms with E-state index in [1.54, 1.807) is 24.1 Å². The number of nitrogens with zero attached hydrogens (tertiary/aromatic N) is 1. The van der Waals surface area contributed by atoms with Gasteiger partial charge in [-0.1, -0.05) is 30.3 Å². The average molecular weight is 489 g/mol. The lowest BCUT2D eigenvalue weighted by Crippen LogP contribution is -2.44. The number of anilines is 1. The molecule has 180 valence electrons. The van der Waals surface area contributed by atoms with Crippen LogP contribution in [0, 0.1) is 13.8 Å². The van der Waals surface area contributed by atoms with Gasteiger partial charge in [0.25, 0.3) is 5.91 Å². The lowest BCUT2D eigenvalue weighted by Gasteiger charge is -2.31. The van der Waals surface area contributed by atoms with Crippen LogP contribution in [0.4, 0.5) is 5.69 Å². The number of nitrogens with one attached hydrogen (secondary N) is 1. The normalized spacial score (nSPS) is 11.6. The van der Waals surface area contributed by atoms with Gasteiger partial charge in [-0.15, -0.1) is 11.3 Å². The van der Waals surface area contributed by atoms with E-state index in [9.17, 15) is 9.59 Å². The summed E-state index contributed by atoms with van der Waals surface area (Å²) in [6.45, 7) is 4.21. The molecule has 6 nitrogen and oxygen atoms in total. The maximum atomic E-state index is 13.8. The fourth-order valence-corrected chi connectivity index (χ4v) is 4.59. The summed E-state index contributed by atoms with van der Waals surface area (Å²) in [5.74, 6) is 0.643. The number of furan rings is 1. The van der Waals surface area contributed by atoms with Gasteiger partial charge in [0.2, 0.25) is 5.91 Å². The smallest absolute Gasteiger partial charge is 0.251 e. The summed E-state index contributed by atoms with van der Waals surface area (Å²) < 4.78 is 10.9. The molecular weight excluding hydrogens is 460 g/mol. The minimum absolute atomic E-state index is 0.179. The minimum Gasteiger partial charge on any atom is -0.497 e. The van der Waals surface area contributed by atoms with Crippen molar-refractivity contribution in [3.8, 4) is 5.75 Å². The summed E-state index contributed by atoms with van der Waals surface area (Å²) in [5.41, 5.74) is 3.50. The zero-order chi connectivity index (χ0) is 24.8. The number of hydrogen-bond donors (Lipinski definition) is 1. The molecule has 0 bridgehead atoms. The number of amides is 2. The van der Waals surface area contributed by atoms with Gasteiger partial charge in [-0.05, 0) is 72.3 Å². The number of benzene rings is 2. The van der Waals surface area contributed by atoms with Crippen LogP contribution < -0.4 is 15.0 Å². The lowest BCUT2D eigenvalue weighted by atomic mass is 10.0. The zero-order valence-corrected chi connectivity index (χ0v) is 20.8. The maximum absolute atomic E-state index is 13.8. The summed E-state index contributed by atoms with van der Waals surface area (Å²) >= 11 is 1.52. The van der Waals surface area contributed by atoms with Crippen LogP contribution in [-0.2, 0) is 22.6 Å². The summed E-state index contributed by atoms with van der Waals surface area (Å²) in [4.78, 5) is 29.9. The van der Waals surface area contributed by atoms with Crippen molar-refractivity contribution in [3.63, 3.8) is 0 Å². The molecule has 7 heteroatoms. The highest BCUT2D eigenvalue weighted by Gasteiger charge is 2.35. The van der Waals surface area contributed by atoms with E-state index in [0.29, 0.717) is 18.0 Å². The molecule has 0 aliphatic heterocycles. The largest absolute Gasteiger partial charge is 0.497 e. The Morgan fingerprint density at radius 3 is 2.51 bits per heavy atom. The lowest BCUT2D eigenvalue weighted by molar-refractivity contribution is -0.127. The van der Waals surface area contributed by atoms with E-state index in [2.05, 4.69) is 5.32 Å². The number of aryl methyl sites for hydroxylation is 2. The van der Waals surface area contributed by atoms with Crippen molar-refractivity contribution >= 4 is 28.8 Å². The van der Waals surface area contributed by atoms with E-state index in [1.165, 1.54) is 17.6 Å². The van der Waals surface area contributed by atoms with Gasteiger partial charge < -0.3 is 14.5 Å². The first-order valence-corrected chi connectivity index (χ1v) is 12.2. The monoisotopic (exact) mass is 488 g/mol. The third-order valence-corrected chi connectivity index (χ3v) is 6.62. The summed E-state index contributed by atoms with van der Waals surface area (Å²) in [6.07, 6.45) is 1.71. The van der Waals surface area contributed by atoms with Crippen molar-refractivity contribution in [1.82, 2.24) is 5.32 Å². The Hall–Kier alpha value is -3.84. The Balaban J connectivity index is 1.69. The fourth-order valence-electron chi connectivity index (χ4n) is 3.89. The number of methoxy groups -OCH3 is 1. The van der Waals surface area contributed by atoms with Crippen molar-refractivity contribution in [2.45, 2.75) is 32.9 Å². The number of carbonyl (C=O) groups excluding carboxylic acids is 2. The third-order valence-electron chi connectivity index (χ3n) is 5.74. The third kappa shape index (κ3) is 5.81. The van der Waals surface area contributed by atoms with Crippen LogP contribution in [0.2, 0.25) is 0 Å². The van der Waals surface area contributed by atoms with Crippen molar-refractivity contribution in [3.05, 3.63) is 106 Å².